The number of nitrogens with one attached hydrogen (secondary N) is 1. The Labute approximate surface area is 107 Å². The largest absolute Gasteiger partial charge is 0.311 e. The molecule has 0 atom stereocenters. The van der Waals surface area contributed by atoms with Crippen LogP contribution in [0.2, 0.25) is 0 Å². The fourth-order valence-electron chi connectivity index (χ4n) is 1.57. The molecular formula is C13H21BrN2. The number of nitrogens with zero attached hydrogens (tertiary/aromatic N) is 1. The molecule has 0 bridgehead atoms. The van der Waals surface area contributed by atoms with E-state index in [0.717, 1.165) is 30.7 Å². The van der Waals surface area contributed by atoms with Gasteiger partial charge >= 0.3 is 0 Å². The SMILES string of the molecule is CCN(C)CCNCc1cc(C)cc(Br)c1. The third-order valence-corrected chi connectivity index (χ3v) is 3.10. The summed E-state index contributed by atoms with van der Waals surface area (Å²) in [6.45, 7) is 8.49. The highest BCUT2D eigenvalue weighted by Gasteiger charge is 1.97. The molecule has 0 fully saturated rings. The van der Waals surface area contributed by atoms with E-state index < -0.39 is 0 Å². The average molecular weight is 285 g/mol. The molecule has 3 heteroatoms. The number of aryl methyl sites for hydroxylation is 1. The number of rotatable bonds is 6. The number of hydrogen-bond acceptors (Lipinski definition) is 2. The highest BCUT2D eigenvalue weighted by Crippen LogP contribution is 2.14. The minimum atomic E-state index is 0.942. The van der Waals surface area contributed by atoms with Gasteiger partial charge in [-0.2, -0.15) is 0 Å². The van der Waals surface area contributed by atoms with Gasteiger partial charge < -0.3 is 10.2 Å². The molecule has 1 N–H and O–H groups in total. The van der Waals surface area contributed by atoms with E-state index in [9.17, 15) is 0 Å². The first kappa shape index (κ1) is 13.7. The molecule has 90 valence electrons. The van der Waals surface area contributed by atoms with Gasteiger partial charge in [-0.3, -0.25) is 0 Å². The summed E-state index contributed by atoms with van der Waals surface area (Å²) in [7, 11) is 2.14. The van der Waals surface area contributed by atoms with E-state index in [1.165, 1.54) is 11.1 Å². The summed E-state index contributed by atoms with van der Waals surface area (Å²) < 4.78 is 1.16. The lowest BCUT2D eigenvalue weighted by atomic mass is 10.1. The van der Waals surface area contributed by atoms with Crippen LogP contribution in [0.1, 0.15) is 18.1 Å². The van der Waals surface area contributed by atoms with Crippen molar-refractivity contribution in [2.45, 2.75) is 20.4 Å². The lowest BCUT2D eigenvalue weighted by Crippen LogP contribution is -2.28. The van der Waals surface area contributed by atoms with E-state index in [2.05, 4.69) is 65.2 Å². The van der Waals surface area contributed by atoms with E-state index in [-0.39, 0.29) is 0 Å². The number of likely N-dealkylation sites (N-methyl/N-ethyl adjacent to an activating group) is 1. The lowest BCUT2D eigenvalue weighted by molar-refractivity contribution is 0.349. The van der Waals surface area contributed by atoms with Crippen molar-refractivity contribution in [3.05, 3.63) is 33.8 Å². The Morgan fingerprint density at radius 2 is 2.06 bits per heavy atom. The van der Waals surface area contributed by atoms with Crippen molar-refractivity contribution in [3.63, 3.8) is 0 Å². The fourth-order valence-corrected chi connectivity index (χ4v) is 2.23. The van der Waals surface area contributed by atoms with Crippen LogP contribution in [0, 0.1) is 6.92 Å². The third-order valence-electron chi connectivity index (χ3n) is 2.64. The van der Waals surface area contributed by atoms with Gasteiger partial charge in [-0.15, -0.1) is 0 Å². The summed E-state index contributed by atoms with van der Waals surface area (Å²) in [5, 5.41) is 3.46. The quantitative estimate of drug-likeness (QED) is 0.809. The van der Waals surface area contributed by atoms with Gasteiger partial charge in [-0.05, 0) is 43.8 Å². The van der Waals surface area contributed by atoms with Crippen molar-refractivity contribution in [2.24, 2.45) is 0 Å². The van der Waals surface area contributed by atoms with Gasteiger partial charge in [0.2, 0.25) is 0 Å². The highest BCUT2D eigenvalue weighted by molar-refractivity contribution is 9.10. The molecular weight excluding hydrogens is 264 g/mol. The first-order chi connectivity index (χ1) is 7.61. The molecule has 1 rings (SSSR count). The third kappa shape index (κ3) is 5.10. The molecule has 0 saturated carbocycles. The van der Waals surface area contributed by atoms with Crippen LogP contribution in [0.5, 0.6) is 0 Å². The molecule has 2 nitrogen and oxygen atoms in total. The Hall–Kier alpha value is -0.380. The maximum atomic E-state index is 3.52. The first-order valence-electron chi connectivity index (χ1n) is 5.77. The molecule has 0 aliphatic carbocycles. The van der Waals surface area contributed by atoms with Gasteiger partial charge in [-0.25, -0.2) is 0 Å². The monoisotopic (exact) mass is 284 g/mol. The van der Waals surface area contributed by atoms with Crippen molar-refractivity contribution in [2.75, 3.05) is 26.7 Å². The Kier molecular flexibility index (Phi) is 6.03. The van der Waals surface area contributed by atoms with Gasteiger partial charge in [0.1, 0.15) is 0 Å². The van der Waals surface area contributed by atoms with E-state index in [0.29, 0.717) is 0 Å². The summed E-state index contributed by atoms with van der Waals surface area (Å²) >= 11 is 3.52. The minimum Gasteiger partial charge on any atom is -0.311 e. The van der Waals surface area contributed by atoms with E-state index in [1.54, 1.807) is 0 Å². The normalized spacial score (nSPS) is 11.1. The minimum absolute atomic E-state index is 0.942. The highest BCUT2D eigenvalue weighted by atomic mass is 79.9. The summed E-state index contributed by atoms with van der Waals surface area (Å²) in [6.07, 6.45) is 0. The van der Waals surface area contributed by atoms with Crippen LogP contribution in [-0.4, -0.2) is 31.6 Å². The van der Waals surface area contributed by atoms with Gasteiger partial charge in [-0.1, -0.05) is 28.9 Å². The van der Waals surface area contributed by atoms with Crippen LogP contribution < -0.4 is 5.32 Å². The van der Waals surface area contributed by atoms with Crippen molar-refractivity contribution in [3.8, 4) is 0 Å². The van der Waals surface area contributed by atoms with Crippen LogP contribution in [0.3, 0.4) is 0 Å². The zero-order chi connectivity index (χ0) is 12.0. The summed E-state index contributed by atoms with van der Waals surface area (Å²) in [6, 6.07) is 6.53. The van der Waals surface area contributed by atoms with E-state index in [1.807, 2.05) is 0 Å². The molecule has 0 heterocycles. The number of benzene rings is 1. The molecule has 0 spiro atoms. The second kappa shape index (κ2) is 7.05. The molecule has 0 aliphatic heterocycles. The Balaban J connectivity index is 2.32. The Morgan fingerprint density at radius 1 is 1.31 bits per heavy atom. The van der Waals surface area contributed by atoms with E-state index >= 15 is 0 Å². The van der Waals surface area contributed by atoms with Gasteiger partial charge in [0, 0.05) is 24.1 Å². The van der Waals surface area contributed by atoms with Crippen molar-refractivity contribution in [1.82, 2.24) is 10.2 Å². The van der Waals surface area contributed by atoms with Gasteiger partial charge in [0.15, 0.2) is 0 Å². The molecule has 0 saturated heterocycles. The van der Waals surface area contributed by atoms with E-state index in [4.69, 9.17) is 0 Å². The van der Waals surface area contributed by atoms with Crippen LogP contribution in [-0.2, 0) is 6.54 Å². The van der Waals surface area contributed by atoms with Crippen LogP contribution in [0.15, 0.2) is 22.7 Å². The molecule has 1 aromatic carbocycles. The van der Waals surface area contributed by atoms with Crippen LogP contribution >= 0.6 is 15.9 Å². The topological polar surface area (TPSA) is 15.3 Å². The molecule has 0 amide bonds. The van der Waals surface area contributed by atoms with Crippen LogP contribution in [0.4, 0.5) is 0 Å². The molecule has 0 aromatic heterocycles. The van der Waals surface area contributed by atoms with Crippen LogP contribution in [0.25, 0.3) is 0 Å². The molecule has 16 heavy (non-hydrogen) atoms. The molecule has 1 aromatic rings. The Morgan fingerprint density at radius 3 is 2.69 bits per heavy atom. The second-order valence-electron chi connectivity index (χ2n) is 4.21. The zero-order valence-corrected chi connectivity index (χ0v) is 12.0. The lowest BCUT2D eigenvalue weighted by Gasteiger charge is -2.14. The van der Waals surface area contributed by atoms with Gasteiger partial charge in [0.05, 0.1) is 0 Å². The van der Waals surface area contributed by atoms with Crippen molar-refractivity contribution < 1.29 is 0 Å². The summed E-state index contributed by atoms with van der Waals surface area (Å²) in [4.78, 5) is 2.30. The molecule has 0 aliphatic rings. The van der Waals surface area contributed by atoms with Crippen molar-refractivity contribution in [1.29, 1.82) is 0 Å². The second-order valence-corrected chi connectivity index (χ2v) is 5.13. The smallest absolute Gasteiger partial charge is 0.0206 e. The zero-order valence-electron chi connectivity index (χ0n) is 10.4. The van der Waals surface area contributed by atoms with Crippen molar-refractivity contribution >= 4 is 15.9 Å². The number of halogens is 1. The first-order valence-corrected chi connectivity index (χ1v) is 6.56. The Bertz CT molecular complexity index is 305. The molecule has 0 unspecified atom stereocenters. The van der Waals surface area contributed by atoms with Gasteiger partial charge in [0.25, 0.3) is 0 Å². The standard InChI is InChI=1S/C13H21BrN2/c1-4-16(3)6-5-15-10-12-7-11(2)8-13(14)9-12/h7-9,15H,4-6,10H2,1-3H3. The predicted octanol–water partition coefficient (Wildman–Crippen LogP) is 2.80. The summed E-state index contributed by atoms with van der Waals surface area (Å²) in [5.74, 6) is 0. The average Bonchev–Trinajstić information content (AvgIpc) is 2.22. The maximum Gasteiger partial charge on any atom is 0.0206 e. The number of hydrogen-bond donors (Lipinski definition) is 1. The summed E-state index contributed by atoms with van der Waals surface area (Å²) in [5.41, 5.74) is 2.64. The predicted molar refractivity (Wildman–Crippen MR) is 73.8 cm³/mol. The fraction of sp³-hybridized carbons (Fsp3) is 0.538. The molecule has 0 radical (unpaired) electrons. The maximum absolute atomic E-state index is 3.52.